The molecule has 19 heavy (non-hydrogen) atoms. The number of halogens is 1. The number of aromatic nitrogens is 2. The van der Waals surface area contributed by atoms with Gasteiger partial charge in [0, 0.05) is 40.4 Å². The van der Waals surface area contributed by atoms with Crippen molar-refractivity contribution in [2.75, 3.05) is 18.9 Å². The van der Waals surface area contributed by atoms with E-state index in [9.17, 15) is 0 Å². The molecule has 0 bridgehead atoms. The molecule has 0 amide bonds. The van der Waals surface area contributed by atoms with Gasteiger partial charge in [-0.05, 0) is 18.9 Å². The van der Waals surface area contributed by atoms with Gasteiger partial charge in [0.2, 0.25) is 0 Å². The van der Waals surface area contributed by atoms with Crippen molar-refractivity contribution in [1.29, 1.82) is 0 Å². The second-order valence-electron chi connectivity index (χ2n) is 4.76. The third-order valence-corrected chi connectivity index (χ3v) is 4.29. The summed E-state index contributed by atoms with van der Waals surface area (Å²) in [6.45, 7) is 1.61. The second-order valence-corrected chi connectivity index (χ2v) is 5.62. The Hall–Kier alpha value is -1.33. The van der Waals surface area contributed by atoms with E-state index in [2.05, 4.69) is 32.2 Å². The summed E-state index contributed by atoms with van der Waals surface area (Å²) in [5.74, 6) is 1.01. The van der Waals surface area contributed by atoms with Crippen LogP contribution in [0.1, 0.15) is 24.5 Å². The van der Waals surface area contributed by atoms with Crippen molar-refractivity contribution in [3.63, 3.8) is 0 Å². The van der Waals surface area contributed by atoms with Crippen molar-refractivity contribution in [3.8, 4) is 11.1 Å². The molecule has 0 aliphatic carbocycles. The minimum atomic E-state index is 0.445. The standard InChI is InChI=1S/C14H16BrN3O/c15-11-4-2-1-3-10(11)12-13(17-18-14(12)16)9-5-7-19-8-6-9/h1-4,9H,5-8H2,(H3,16,17,18). The van der Waals surface area contributed by atoms with Gasteiger partial charge >= 0.3 is 0 Å². The molecule has 1 fully saturated rings. The monoisotopic (exact) mass is 321 g/mol. The quantitative estimate of drug-likeness (QED) is 0.891. The highest BCUT2D eigenvalue weighted by atomic mass is 79.9. The minimum absolute atomic E-state index is 0.445. The summed E-state index contributed by atoms with van der Waals surface area (Å²) in [4.78, 5) is 0. The number of hydrogen-bond donors (Lipinski definition) is 2. The van der Waals surface area contributed by atoms with Crippen LogP contribution in [-0.4, -0.2) is 23.4 Å². The number of anilines is 1. The van der Waals surface area contributed by atoms with E-state index in [1.165, 1.54) is 0 Å². The van der Waals surface area contributed by atoms with Crippen LogP contribution >= 0.6 is 15.9 Å². The number of ether oxygens (including phenoxy) is 1. The Balaban J connectivity index is 2.06. The Morgan fingerprint density at radius 2 is 2.00 bits per heavy atom. The number of nitrogens with two attached hydrogens (primary N) is 1. The van der Waals surface area contributed by atoms with E-state index in [0.717, 1.165) is 47.3 Å². The molecule has 0 unspecified atom stereocenters. The molecule has 3 N–H and O–H groups in total. The van der Waals surface area contributed by atoms with Gasteiger partial charge in [-0.2, -0.15) is 5.10 Å². The van der Waals surface area contributed by atoms with Crippen LogP contribution < -0.4 is 5.73 Å². The number of nitrogens with one attached hydrogen (secondary N) is 1. The van der Waals surface area contributed by atoms with E-state index < -0.39 is 0 Å². The first-order valence-electron chi connectivity index (χ1n) is 6.43. The second kappa shape index (κ2) is 5.35. The largest absolute Gasteiger partial charge is 0.382 e. The van der Waals surface area contributed by atoms with E-state index >= 15 is 0 Å². The number of hydrogen-bond acceptors (Lipinski definition) is 3. The average molecular weight is 322 g/mol. The van der Waals surface area contributed by atoms with E-state index in [1.54, 1.807) is 0 Å². The summed E-state index contributed by atoms with van der Waals surface area (Å²) in [7, 11) is 0. The fourth-order valence-electron chi connectivity index (χ4n) is 2.60. The van der Waals surface area contributed by atoms with Crippen LogP contribution in [0.2, 0.25) is 0 Å². The highest BCUT2D eigenvalue weighted by Crippen LogP contribution is 2.39. The number of benzene rings is 1. The zero-order valence-corrected chi connectivity index (χ0v) is 12.1. The highest BCUT2D eigenvalue weighted by Gasteiger charge is 2.24. The van der Waals surface area contributed by atoms with Gasteiger partial charge in [0.05, 0.1) is 0 Å². The smallest absolute Gasteiger partial charge is 0.153 e. The van der Waals surface area contributed by atoms with Gasteiger partial charge in [-0.3, -0.25) is 5.10 Å². The molecule has 3 rings (SSSR count). The summed E-state index contributed by atoms with van der Waals surface area (Å²) in [5, 5.41) is 7.32. The van der Waals surface area contributed by atoms with Crippen LogP contribution in [-0.2, 0) is 4.74 Å². The van der Waals surface area contributed by atoms with Gasteiger partial charge in [0.15, 0.2) is 5.82 Å². The third kappa shape index (κ3) is 2.40. The molecule has 100 valence electrons. The molecule has 1 aromatic heterocycles. The lowest BCUT2D eigenvalue weighted by Gasteiger charge is -2.22. The first kappa shape index (κ1) is 12.7. The molecule has 4 nitrogen and oxygen atoms in total. The predicted molar refractivity (Wildman–Crippen MR) is 78.9 cm³/mol. The molecule has 1 aromatic carbocycles. The summed E-state index contributed by atoms with van der Waals surface area (Å²) in [6.07, 6.45) is 2.03. The number of nitrogen functional groups attached to an aromatic ring is 1. The summed E-state index contributed by atoms with van der Waals surface area (Å²) >= 11 is 3.59. The topological polar surface area (TPSA) is 63.9 Å². The van der Waals surface area contributed by atoms with Crippen molar-refractivity contribution in [3.05, 3.63) is 34.4 Å². The fourth-order valence-corrected chi connectivity index (χ4v) is 3.08. The summed E-state index contributed by atoms with van der Waals surface area (Å²) < 4.78 is 6.46. The normalized spacial score (nSPS) is 16.7. The van der Waals surface area contributed by atoms with E-state index in [4.69, 9.17) is 10.5 Å². The maximum absolute atomic E-state index is 6.05. The van der Waals surface area contributed by atoms with Crippen LogP contribution in [0.5, 0.6) is 0 Å². The van der Waals surface area contributed by atoms with Crippen molar-refractivity contribution >= 4 is 21.7 Å². The summed E-state index contributed by atoms with van der Waals surface area (Å²) in [6, 6.07) is 8.10. The molecule has 0 spiro atoms. The van der Waals surface area contributed by atoms with Gasteiger partial charge in [-0.1, -0.05) is 34.1 Å². The Morgan fingerprint density at radius 3 is 2.74 bits per heavy atom. The van der Waals surface area contributed by atoms with E-state index in [-0.39, 0.29) is 0 Å². The SMILES string of the molecule is Nc1n[nH]c(C2CCOCC2)c1-c1ccccc1Br. The predicted octanol–water partition coefficient (Wildman–Crippen LogP) is 3.32. The molecule has 5 heteroatoms. The number of rotatable bonds is 2. The van der Waals surface area contributed by atoms with Crippen molar-refractivity contribution in [2.45, 2.75) is 18.8 Å². The number of nitrogens with zero attached hydrogens (tertiary/aromatic N) is 1. The van der Waals surface area contributed by atoms with Gasteiger partial charge in [0.25, 0.3) is 0 Å². The zero-order valence-electron chi connectivity index (χ0n) is 10.5. The van der Waals surface area contributed by atoms with Crippen LogP contribution in [0, 0.1) is 0 Å². The summed E-state index contributed by atoms with van der Waals surface area (Å²) in [5.41, 5.74) is 9.31. The lowest BCUT2D eigenvalue weighted by molar-refractivity contribution is 0.0846. The van der Waals surface area contributed by atoms with Gasteiger partial charge in [0.1, 0.15) is 0 Å². The van der Waals surface area contributed by atoms with Crippen LogP contribution in [0.3, 0.4) is 0 Å². The van der Waals surface area contributed by atoms with Crippen LogP contribution in [0.15, 0.2) is 28.7 Å². The van der Waals surface area contributed by atoms with Gasteiger partial charge < -0.3 is 10.5 Å². The van der Waals surface area contributed by atoms with E-state index in [1.807, 2.05) is 18.2 Å². The molecule has 2 heterocycles. The molecule has 0 atom stereocenters. The van der Waals surface area contributed by atoms with Gasteiger partial charge in [-0.25, -0.2) is 0 Å². The Morgan fingerprint density at radius 1 is 1.26 bits per heavy atom. The van der Waals surface area contributed by atoms with Gasteiger partial charge in [-0.15, -0.1) is 0 Å². The average Bonchev–Trinajstić information content (AvgIpc) is 2.82. The van der Waals surface area contributed by atoms with Crippen LogP contribution in [0.25, 0.3) is 11.1 Å². The molecule has 1 saturated heterocycles. The molecule has 0 radical (unpaired) electrons. The first-order chi connectivity index (χ1) is 9.27. The van der Waals surface area contributed by atoms with Crippen molar-refractivity contribution in [2.24, 2.45) is 0 Å². The first-order valence-corrected chi connectivity index (χ1v) is 7.23. The number of aromatic amines is 1. The highest BCUT2D eigenvalue weighted by molar-refractivity contribution is 9.10. The van der Waals surface area contributed by atoms with Crippen molar-refractivity contribution < 1.29 is 4.74 Å². The molecule has 1 aliphatic rings. The molecule has 2 aromatic rings. The van der Waals surface area contributed by atoms with Crippen molar-refractivity contribution in [1.82, 2.24) is 10.2 Å². The lowest BCUT2D eigenvalue weighted by Crippen LogP contribution is -2.15. The Labute approximate surface area is 120 Å². The zero-order chi connectivity index (χ0) is 13.2. The van der Waals surface area contributed by atoms with E-state index in [0.29, 0.717) is 11.7 Å². The maximum Gasteiger partial charge on any atom is 0.153 e. The molecule has 1 aliphatic heterocycles. The third-order valence-electron chi connectivity index (χ3n) is 3.60. The Kier molecular flexibility index (Phi) is 3.57. The Bertz CT molecular complexity index is 576. The number of H-pyrrole nitrogens is 1. The van der Waals surface area contributed by atoms with Crippen LogP contribution in [0.4, 0.5) is 5.82 Å². The maximum atomic E-state index is 6.05. The fraction of sp³-hybridized carbons (Fsp3) is 0.357. The minimum Gasteiger partial charge on any atom is -0.382 e. The molecule has 0 saturated carbocycles. The lowest BCUT2D eigenvalue weighted by atomic mass is 9.91. The molecular weight excluding hydrogens is 306 g/mol. The molecular formula is C14H16BrN3O.